The van der Waals surface area contributed by atoms with Crippen LogP contribution in [-0.4, -0.2) is 65.8 Å². The Bertz CT molecular complexity index is 1260. The number of benzene rings is 1. The van der Waals surface area contributed by atoms with Crippen LogP contribution in [0.3, 0.4) is 0 Å². The molecule has 2 saturated heterocycles. The lowest BCUT2D eigenvalue weighted by molar-refractivity contribution is -0.136. The zero-order chi connectivity index (χ0) is 27.9. The number of pyridine rings is 1. The topological polar surface area (TPSA) is 121 Å². The Labute approximate surface area is 234 Å². The zero-order valence-electron chi connectivity index (χ0n) is 22.8. The number of anilines is 1. The molecule has 0 bridgehead atoms. The highest BCUT2D eigenvalue weighted by molar-refractivity contribution is 6.05. The fourth-order valence-electron chi connectivity index (χ4n) is 5.55. The van der Waals surface area contributed by atoms with E-state index in [2.05, 4.69) is 20.5 Å². The molecule has 0 spiro atoms. The van der Waals surface area contributed by atoms with Gasteiger partial charge in [0.25, 0.3) is 11.8 Å². The third-order valence-electron chi connectivity index (χ3n) is 7.77. The first-order chi connectivity index (χ1) is 19.5. The fraction of sp³-hybridized carbons (Fsp3) is 0.500. The van der Waals surface area contributed by atoms with Gasteiger partial charge in [0.1, 0.15) is 23.3 Å². The normalized spacial score (nSPS) is 18.9. The van der Waals surface area contributed by atoms with Crippen molar-refractivity contribution in [3.63, 3.8) is 0 Å². The van der Waals surface area contributed by atoms with Crippen LogP contribution in [0.2, 0.25) is 0 Å². The smallest absolute Gasteiger partial charge is 0.269 e. The van der Waals surface area contributed by atoms with Crippen molar-refractivity contribution in [1.29, 1.82) is 0 Å². The molecule has 40 heavy (non-hydrogen) atoms. The number of unbranched alkanes of at least 4 members (excludes halogenated alkanes) is 3. The van der Waals surface area contributed by atoms with Crippen LogP contribution < -0.4 is 20.3 Å². The number of carbonyl (C=O) groups is 4. The second-order valence-electron chi connectivity index (χ2n) is 10.7. The van der Waals surface area contributed by atoms with E-state index in [0.29, 0.717) is 43.1 Å². The van der Waals surface area contributed by atoms with Crippen LogP contribution in [0.1, 0.15) is 84.2 Å². The Balaban J connectivity index is 0.981. The molecule has 10 nitrogen and oxygen atoms in total. The summed E-state index contributed by atoms with van der Waals surface area (Å²) in [6.45, 7) is 3.50. The molecule has 4 amide bonds. The average molecular weight is 548 g/mol. The number of hydrogen-bond acceptors (Lipinski definition) is 7. The molecule has 1 aromatic carbocycles. The minimum Gasteiger partial charge on any atom is -0.494 e. The van der Waals surface area contributed by atoms with Gasteiger partial charge >= 0.3 is 0 Å². The zero-order valence-corrected chi connectivity index (χ0v) is 22.8. The molecular weight excluding hydrogens is 510 g/mol. The number of amides is 4. The molecule has 212 valence electrons. The SMILES string of the molecule is O=C1CCC(N2Cc3cc(OCCCCCCNC(=O)c4cccc(N5CCCCC5)n4)ccc3C2=O)C(=O)N1. The lowest BCUT2D eigenvalue weighted by Gasteiger charge is -2.29. The number of rotatable bonds is 11. The van der Waals surface area contributed by atoms with Crippen molar-refractivity contribution in [2.45, 2.75) is 70.4 Å². The van der Waals surface area contributed by atoms with E-state index in [4.69, 9.17) is 4.74 Å². The van der Waals surface area contributed by atoms with Gasteiger partial charge in [-0.2, -0.15) is 0 Å². The number of ether oxygens (including phenoxy) is 1. The molecule has 0 radical (unpaired) electrons. The van der Waals surface area contributed by atoms with E-state index in [1.54, 1.807) is 18.2 Å². The average Bonchev–Trinajstić information content (AvgIpc) is 3.30. The maximum absolute atomic E-state index is 12.8. The van der Waals surface area contributed by atoms with E-state index in [-0.39, 0.29) is 24.1 Å². The van der Waals surface area contributed by atoms with Gasteiger partial charge in [0, 0.05) is 38.2 Å². The Hall–Kier alpha value is -3.95. The molecule has 1 unspecified atom stereocenters. The van der Waals surface area contributed by atoms with Crippen LogP contribution in [0.15, 0.2) is 36.4 Å². The van der Waals surface area contributed by atoms with Gasteiger partial charge in [-0.15, -0.1) is 0 Å². The highest BCUT2D eigenvalue weighted by atomic mass is 16.5. The summed E-state index contributed by atoms with van der Waals surface area (Å²) in [5.74, 6) is 0.559. The van der Waals surface area contributed by atoms with Crippen LogP contribution in [0.5, 0.6) is 5.75 Å². The highest BCUT2D eigenvalue weighted by Gasteiger charge is 2.39. The lowest BCUT2D eigenvalue weighted by Crippen LogP contribution is -2.52. The van der Waals surface area contributed by atoms with E-state index in [0.717, 1.165) is 50.2 Å². The number of fused-ring (bicyclic) bond motifs is 1. The summed E-state index contributed by atoms with van der Waals surface area (Å²) in [4.78, 5) is 57.4. The number of nitrogens with one attached hydrogen (secondary N) is 2. The molecule has 10 heteroatoms. The van der Waals surface area contributed by atoms with Gasteiger partial charge in [-0.05, 0) is 74.4 Å². The summed E-state index contributed by atoms with van der Waals surface area (Å²) >= 11 is 0. The Morgan fingerprint density at radius 2 is 1.85 bits per heavy atom. The van der Waals surface area contributed by atoms with Crippen molar-refractivity contribution >= 4 is 29.4 Å². The van der Waals surface area contributed by atoms with Crippen molar-refractivity contribution in [1.82, 2.24) is 20.5 Å². The van der Waals surface area contributed by atoms with Gasteiger partial charge < -0.3 is 19.9 Å². The van der Waals surface area contributed by atoms with Crippen molar-refractivity contribution in [3.05, 3.63) is 53.2 Å². The van der Waals surface area contributed by atoms with Gasteiger partial charge in [0.2, 0.25) is 11.8 Å². The van der Waals surface area contributed by atoms with Crippen molar-refractivity contribution in [2.75, 3.05) is 31.1 Å². The summed E-state index contributed by atoms with van der Waals surface area (Å²) < 4.78 is 5.91. The van der Waals surface area contributed by atoms with Crippen LogP contribution in [0.4, 0.5) is 5.82 Å². The predicted molar refractivity (Wildman–Crippen MR) is 149 cm³/mol. The van der Waals surface area contributed by atoms with E-state index in [9.17, 15) is 19.2 Å². The summed E-state index contributed by atoms with van der Waals surface area (Å²) in [6.07, 6.45) is 7.90. The first kappa shape index (κ1) is 27.6. The van der Waals surface area contributed by atoms with Crippen molar-refractivity contribution in [2.24, 2.45) is 0 Å². The lowest BCUT2D eigenvalue weighted by atomic mass is 10.0. The van der Waals surface area contributed by atoms with Gasteiger partial charge in [-0.3, -0.25) is 24.5 Å². The number of imide groups is 1. The van der Waals surface area contributed by atoms with Crippen LogP contribution >= 0.6 is 0 Å². The van der Waals surface area contributed by atoms with Gasteiger partial charge in [-0.25, -0.2) is 4.98 Å². The molecule has 1 aromatic heterocycles. The molecule has 0 saturated carbocycles. The summed E-state index contributed by atoms with van der Waals surface area (Å²) in [5.41, 5.74) is 1.87. The van der Waals surface area contributed by atoms with Crippen LogP contribution in [-0.2, 0) is 16.1 Å². The Morgan fingerprint density at radius 3 is 2.67 bits per heavy atom. The molecular formula is C30H37N5O5. The molecule has 5 rings (SSSR count). The van der Waals surface area contributed by atoms with Crippen molar-refractivity contribution < 1.29 is 23.9 Å². The molecule has 3 aliphatic rings. The molecule has 3 aliphatic heterocycles. The number of hydrogen-bond donors (Lipinski definition) is 2. The number of nitrogens with zero attached hydrogens (tertiary/aromatic N) is 3. The first-order valence-corrected chi connectivity index (χ1v) is 14.4. The molecule has 0 aliphatic carbocycles. The standard InChI is InChI=1S/C30H37N5O5/c36-27-14-13-25(29(38)33-27)35-20-21-19-22(11-12-23(21)30(35)39)40-18-7-2-1-4-15-31-28(37)24-9-8-10-26(32-24)34-16-5-3-6-17-34/h8-12,19,25H,1-7,13-18,20H2,(H,31,37)(H,33,36,38). The van der Waals surface area contributed by atoms with Gasteiger partial charge in [0.15, 0.2) is 0 Å². The van der Waals surface area contributed by atoms with Gasteiger partial charge in [0.05, 0.1) is 6.61 Å². The monoisotopic (exact) mass is 547 g/mol. The minimum absolute atomic E-state index is 0.131. The maximum Gasteiger partial charge on any atom is 0.269 e. The number of piperidine rings is 2. The second kappa shape index (κ2) is 12.9. The van der Waals surface area contributed by atoms with E-state index in [1.807, 2.05) is 18.2 Å². The second-order valence-corrected chi connectivity index (χ2v) is 10.7. The number of carbonyl (C=O) groups excluding carboxylic acids is 4. The number of aromatic nitrogens is 1. The quantitative estimate of drug-likeness (QED) is 0.327. The predicted octanol–water partition coefficient (Wildman–Crippen LogP) is 3.20. The minimum atomic E-state index is -0.618. The Morgan fingerprint density at radius 1 is 1.02 bits per heavy atom. The van der Waals surface area contributed by atoms with Crippen molar-refractivity contribution in [3.8, 4) is 5.75 Å². The van der Waals surface area contributed by atoms with Crippen LogP contribution in [0, 0.1) is 0 Å². The molecule has 1 atom stereocenters. The summed E-state index contributed by atoms with van der Waals surface area (Å²) in [7, 11) is 0. The van der Waals surface area contributed by atoms with Crippen LogP contribution in [0.25, 0.3) is 0 Å². The molecule has 2 fully saturated rings. The van der Waals surface area contributed by atoms with E-state index >= 15 is 0 Å². The largest absolute Gasteiger partial charge is 0.494 e. The third-order valence-corrected chi connectivity index (χ3v) is 7.77. The van der Waals surface area contributed by atoms with E-state index < -0.39 is 11.9 Å². The molecule has 2 N–H and O–H groups in total. The first-order valence-electron chi connectivity index (χ1n) is 14.4. The highest BCUT2D eigenvalue weighted by Crippen LogP contribution is 2.30. The van der Waals surface area contributed by atoms with Gasteiger partial charge in [-0.1, -0.05) is 18.9 Å². The Kier molecular flexibility index (Phi) is 8.93. The summed E-state index contributed by atoms with van der Waals surface area (Å²) in [5, 5.41) is 5.30. The third kappa shape index (κ3) is 6.60. The summed E-state index contributed by atoms with van der Waals surface area (Å²) in [6, 6.07) is 10.4. The molecule has 4 heterocycles. The molecule has 2 aromatic rings. The maximum atomic E-state index is 12.8. The van der Waals surface area contributed by atoms with E-state index in [1.165, 1.54) is 24.2 Å². The fourth-order valence-corrected chi connectivity index (χ4v) is 5.55.